The van der Waals surface area contributed by atoms with E-state index in [1.165, 1.54) is 5.56 Å². The first-order valence-corrected chi connectivity index (χ1v) is 5.26. The topological polar surface area (TPSA) is 4.36 Å². The molecule has 0 aliphatic carbocycles. The smallest absolute Gasteiger partial charge is 0.197 e. The molecule has 78 valence electrons. The Balaban J connectivity index is 2.70. The molecule has 0 saturated carbocycles. The van der Waals surface area contributed by atoms with Crippen molar-refractivity contribution in [2.24, 2.45) is 0 Å². The van der Waals surface area contributed by atoms with Crippen LogP contribution >= 0.6 is 0 Å². The minimum atomic E-state index is 0.761. The Kier molecular flexibility index (Phi) is 2.74. The highest BCUT2D eigenvalue weighted by Crippen LogP contribution is 2.34. The Hall–Kier alpha value is -2.07. The fraction of sp³-hybridized carbons (Fsp3) is 0.133. The van der Waals surface area contributed by atoms with E-state index in [1.54, 1.807) is 0 Å². The van der Waals surface area contributed by atoms with Crippen molar-refractivity contribution in [3.63, 3.8) is 0 Å². The van der Waals surface area contributed by atoms with Gasteiger partial charge in [0.1, 0.15) is 0 Å². The van der Waals surface area contributed by atoms with Crippen LogP contribution in [0.3, 0.4) is 0 Å². The van der Waals surface area contributed by atoms with E-state index in [2.05, 4.69) is 23.9 Å². The van der Waals surface area contributed by atoms with Gasteiger partial charge in [0.05, 0.1) is 6.57 Å². The highest BCUT2D eigenvalue weighted by molar-refractivity contribution is 5.81. The van der Waals surface area contributed by atoms with Crippen LogP contribution in [-0.4, -0.2) is 0 Å². The second-order valence-corrected chi connectivity index (χ2v) is 3.96. The molecule has 2 aromatic carbocycles. The summed E-state index contributed by atoms with van der Waals surface area (Å²) in [6.45, 7) is 11.3. The highest BCUT2D eigenvalue weighted by atomic mass is 14.7. The van der Waals surface area contributed by atoms with Gasteiger partial charge in [0.2, 0.25) is 0 Å². The summed E-state index contributed by atoms with van der Waals surface area (Å²) in [7, 11) is 0. The van der Waals surface area contributed by atoms with Crippen molar-refractivity contribution in [1.29, 1.82) is 0 Å². The fourth-order valence-electron chi connectivity index (χ4n) is 1.95. The number of hydrogen-bond acceptors (Lipinski definition) is 0. The first kappa shape index (κ1) is 10.4. The summed E-state index contributed by atoms with van der Waals surface area (Å²) in [5.74, 6) is 0. The van der Waals surface area contributed by atoms with Crippen LogP contribution in [0.25, 0.3) is 16.0 Å². The molecule has 0 spiro atoms. The summed E-state index contributed by atoms with van der Waals surface area (Å²) in [6, 6.07) is 14.2. The van der Waals surface area contributed by atoms with Gasteiger partial charge in [-0.2, -0.15) is 0 Å². The molecule has 0 bridgehead atoms. The molecule has 0 atom stereocenters. The van der Waals surface area contributed by atoms with Crippen molar-refractivity contribution in [3.8, 4) is 11.1 Å². The van der Waals surface area contributed by atoms with Crippen LogP contribution in [-0.2, 0) is 0 Å². The van der Waals surface area contributed by atoms with Gasteiger partial charge in [0, 0.05) is 0 Å². The molecule has 0 unspecified atom stereocenters. The molecule has 0 aliphatic rings. The van der Waals surface area contributed by atoms with Crippen molar-refractivity contribution in [1.82, 2.24) is 0 Å². The molecule has 0 fully saturated rings. The van der Waals surface area contributed by atoms with Crippen molar-refractivity contribution >= 4 is 5.69 Å². The Bertz CT molecular complexity index is 548. The zero-order valence-electron chi connectivity index (χ0n) is 9.49. The number of aryl methyl sites for hydroxylation is 2. The molecule has 1 heteroatoms. The summed E-state index contributed by atoms with van der Waals surface area (Å²) >= 11 is 0. The zero-order valence-corrected chi connectivity index (χ0v) is 9.49. The molecule has 0 N–H and O–H groups in total. The second kappa shape index (κ2) is 4.20. The first-order chi connectivity index (χ1) is 7.72. The van der Waals surface area contributed by atoms with Gasteiger partial charge in [-0.15, -0.1) is 0 Å². The van der Waals surface area contributed by atoms with E-state index in [0.29, 0.717) is 0 Å². The summed E-state index contributed by atoms with van der Waals surface area (Å²) < 4.78 is 0. The third kappa shape index (κ3) is 1.83. The van der Waals surface area contributed by atoms with E-state index in [9.17, 15) is 0 Å². The largest absolute Gasteiger partial charge is 0.237 e. The number of benzene rings is 2. The van der Waals surface area contributed by atoms with Crippen LogP contribution in [0.1, 0.15) is 11.1 Å². The minimum Gasteiger partial charge on any atom is -0.237 e. The lowest BCUT2D eigenvalue weighted by Gasteiger charge is -2.08. The lowest BCUT2D eigenvalue weighted by atomic mass is 9.98. The van der Waals surface area contributed by atoms with Crippen molar-refractivity contribution in [2.45, 2.75) is 13.8 Å². The van der Waals surface area contributed by atoms with Crippen LogP contribution in [0.4, 0.5) is 5.69 Å². The first-order valence-electron chi connectivity index (χ1n) is 5.26. The SMILES string of the molecule is [C-]#[N+]c1c(C)cc(C)cc1-c1ccccc1. The van der Waals surface area contributed by atoms with Gasteiger partial charge in [-0.05, 0) is 30.5 Å². The minimum absolute atomic E-state index is 0.761. The maximum Gasteiger partial charge on any atom is 0.197 e. The van der Waals surface area contributed by atoms with Crippen molar-refractivity contribution < 1.29 is 0 Å². The Labute approximate surface area is 96.2 Å². The van der Waals surface area contributed by atoms with Gasteiger partial charge in [0.15, 0.2) is 5.69 Å². The molecule has 1 nitrogen and oxygen atoms in total. The molecule has 2 aromatic rings. The molecule has 0 amide bonds. The fourth-order valence-corrected chi connectivity index (χ4v) is 1.95. The summed E-state index contributed by atoms with van der Waals surface area (Å²) in [5, 5.41) is 0. The zero-order chi connectivity index (χ0) is 11.5. The summed E-state index contributed by atoms with van der Waals surface area (Å²) in [4.78, 5) is 3.64. The predicted octanol–water partition coefficient (Wildman–Crippen LogP) is 4.52. The summed E-state index contributed by atoms with van der Waals surface area (Å²) in [6.07, 6.45) is 0. The van der Waals surface area contributed by atoms with E-state index in [4.69, 9.17) is 6.57 Å². The van der Waals surface area contributed by atoms with E-state index in [-0.39, 0.29) is 0 Å². The van der Waals surface area contributed by atoms with E-state index < -0.39 is 0 Å². The monoisotopic (exact) mass is 207 g/mol. The van der Waals surface area contributed by atoms with Gasteiger partial charge in [0.25, 0.3) is 0 Å². The molecular weight excluding hydrogens is 194 g/mol. The van der Waals surface area contributed by atoms with Crippen molar-refractivity contribution in [3.05, 3.63) is 65.0 Å². The van der Waals surface area contributed by atoms with E-state index >= 15 is 0 Å². The van der Waals surface area contributed by atoms with E-state index in [1.807, 2.05) is 37.3 Å². The predicted molar refractivity (Wildman–Crippen MR) is 67.6 cm³/mol. The van der Waals surface area contributed by atoms with Crippen molar-refractivity contribution in [2.75, 3.05) is 0 Å². The maximum absolute atomic E-state index is 7.27. The van der Waals surface area contributed by atoms with Crippen LogP contribution in [0.2, 0.25) is 0 Å². The van der Waals surface area contributed by atoms with Gasteiger partial charge < -0.3 is 0 Å². The van der Waals surface area contributed by atoms with Gasteiger partial charge in [-0.3, -0.25) is 0 Å². The average Bonchev–Trinajstić information content (AvgIpc) is 2.29. The van der Waals surface area contributed by atoms with Gasteiger partial charge in [-0.1, -0.05) is 48.0 Å². The molecule has 16 heavy (non-hydrogen) atoms. The lowest BCUT2D eigenvalue weighted by molar-refractivity contribution is 1.39. The number of nitrogens with zero attached hydrogens (tertiary/aromatic N) is 1. The van der Waals surface area contributed by atoms with Gasteiger partial charge >= 0.3 is 0 Å². The Morgan fingerprint density at radius 2 is 1.69 bits per heavy atom. The highest BCUT2D eigenvalue weighted by Gasteiger charge is 2.08. The molecule has 2 rings (SSSR count). The average molecular weight is 207 g/mol. The second-order valence-electron chi connectivity index (χ2n) is 3.96. The van der Waals surface area contributed by atoms with Crippen LogP contribution in [0, 0.1) is 20.4 Å². The Morgan fingerprint density at radius 3 is 2.31 bits per heavy atom. The molecule has 0 radical (unpaired) electrons. The van der Waals surface area contributed by atoms with Crippen LogP contribution < -0.4 is 0 Å². The van der Waals surface area contributed by atoms with Crippen LogP contribution in [0.5, 0.6) is 0 Å². The van der Waals surface area contributed by atoms with E-state index in [0.717, 1.165) is 22.4 Å². The maximum atomic E-state index is 7.27. The normalized spacial score (nSPS) is 9.81. The third-order valence-corrected chi connectivity index (χ3v) is 2.64. The number of rotatable bonds is 1. The van der Waals surface area contributed by atoms with Crippen LogP contribution in [0.15, 0.2) is 42.5 Å². The molecule has 0 aromatic heterocycles. The molecule has 0 saturated heterocycles. The Morgan fingerprint density at radius 1 is 1.00 bits per heavy atom. The molecule has 0 heterocycles. The molecular formula is C15H13N. The lowest BCUT2D eigenvalue weighted by Crippen LogP contribution is -1.84. The van der Waals surface area contributed by atoms with Gasteiger partial charge in [-0.25, -0.2) is 4.85 Å². The molecule has 0 aliphatic heterocycles. The quantitative estimate of drug-likeness (QED) is 0.605. The number of hydrogen-bond donors (Lipinski definition) is 0. The third-order valence-electron chi connectivity index (χ3n) is 2.64. The standard InChI is InChI=1S/C15H13N/c1-11-9-12(2)15(16-3)14(10-11)13-7-5-4-6-8-13/h4-10H,1-2H3. The summed E-state index contributed by atoms with van der Waals surface area (Å²) in [5.41, 5.74) is 5.16.